The van der Waals surface area contributed by atoms with Gasteiger partial charge < -0.3 is 10.3 Å². The standard InChI is InChI=1S/C16H13BrClN3/c17-12-7-9(1-5-13(12)19)16-20-14-8-10(18)2-6-15(14)21(16)11-3-4-11/h1-2,5-8,11H,3-4,19H2. The number of aromatic nitrogens is 2. The van der Waals surface area contributed by atoms with Crippen LogP contribution in [0.2, 0.25) is 5.02 Å². The van der Waals surface area contributed by atoms with Crippen molar-refractivity contribution in [2.24, 2.45) is 0 Å². The molecule has 0 amide bonds. The first-order chi connectivity index (χ1) is 10.1. The predicted molar refractivity (Wildman–Crippen MR) is 90.6 cm³/mol. The molecule has 0 bridgehead atoms. The average molecular weight is 363 g/mol. The van der Waals surface area contributed by atoms with Crippen LogP contribution in [0.5, 0.6) is 0 Å². The van der Waals surface area contributed by atoms with Crippen LogP contribution in [0.15, 0.2) is 40.9 Å². The summed E-state index contributed by atoms with van der Waals surface area (Å²) >= 11 is 9.59. The van der Waals surface area contributed by atoms with Gasteiger partial charge in [0, 0.05) is 26.8 Å². The monoisotopic (exact) mass is 361 g/mol. The molecule has 0 radical (unpaired) electrons. The zero-order valence-corrected chi connectivity index (χ0v) is 13.5. The minimum Gasteiger partial charge on any atom is -0.398 e. The first kappa shape index (κ1) is 13.2. The normalized spacial score (nSPS) is 14.8. The van der Waals surface area contributed by atoms with E-state index < -0.39 is 0 Å². The topological polar surface area (TPSA) is 43.8 Å². The van der Waals surface area contributed by atoms with Crippen molar-refractivity contribution >= 4 is 44.3 Å². The Morgan fingerprint density at radius 2 is 2.00 bits per heavy atom. The fourth-order valence-electron chi connectivity index (χ4n) is 2.64. The van der Waals surface area contributed by atoms with E-state index in [1.165, 1.54) is 12.8 Å². The molecule has 1 fully saturated rings. The Balaban J connectivity index is 1.98. The van der Waals surface area contributed by atoms with Crippen molar-refractivity contribution in [3.63, 3.8) is 0 Å². The Morgan fingerprint density at radius 3 is 2.71 bits per heavy atom. The van der Waals surface area contributed by atoms with Crippen LogP contribution < -0.4 is 5.73 Å². The second-order valence-corrected chi connectivity index (χ2v) is 6.70. The Bertz CT molecular complexity index is 852. The first-order valence-electron chi connectivity index (χ1n) is 6.86. The van der Waals surface area contributed by atoms with E-state index >= 15 is 0 Å². The van der Waals surface area contributed by atoms with Gasteiger partial charge in [0.1, 0.15) is 5.82 Å². The van der Waals surface area contributed by atoms with Crippen LogP contribution >= 0.6 is 27.5 Å². The number of hydrogen-bond donors (Lipinski definition) is 1. The van der Waals surface area contributed by atoms with Crippen molar-refractivity contribution in [1.29, 1.82) is 0 Å². The summed E-state index contributed by atoms with van der Waals surface area (Å²) in [7, 11) is 0. The highest BCUT2D eigenvalue weighted by atomic mass is 79.9. The van der Waals surface area contributed by atoms with Crippen molar-refractivity contribution in [1.82, 2.24) is 9.55 Å². The van der Waals surface area contributed by atoms with E-state index in [1.807, 2.05) is 30.3 Å². The Labute approximate surface area is 135 Å². The fraction of sp³-hybridized carbons (Fsp3) is 0.188. The number of nitrogen functional groups attached to an aromatic ring is 1. The van der Waals surface area contributed by atoms with Crippen LogP contribution in [-0.2, 0) is 0 Å². The van der Waals surface area contributed by atoms with E-state index in [0.29, 0.717) is 11.1 Å². The van der Waals surface area contributed by atoms with Crippen LogP contribution in [0.3, 0.4) is 0 Å². The van der Waals surface area contributed by atoms with Crippen molar-refractivity contribution in [2.45, 2.75) is 18.9 Å². The maximum atomic E-state index is 6.09. The minimum absolute atomic E-state index is 0.544. The predicted octanol–water partition coefficient (Wildman–Crippen LogP) is 5.04. The lowest BCUT2D eigenvalue weighted by atomic mass is 10.2. The van der Waals surface area contributed by atoms with E-state index in [0.717, 1.165) is 32.6 Å². The van der Waals surface area contributed by atoms with Crippen molar-refractivity contribution in [3.05, 3.63) is 45.9 Å². The third-order valence-corrected chi connectivity index (χ3v) is 4.74. The molecular weight excluding hydrogens is 350 g/mol. The van der Waals surface area contributed by atoms with Gasteiger partial charge in [-0.15, -0.1) is 0 Å². The van der Waals surface area contributed by atoms with Gasteiger partial charge in [-0.1, -0.05) is 11.6 Å². The lowest BCUT2D eigenvalue weighted by Gasteiger charge is -2.08. The van der Waals surface area contributed by atoms with Crippen LogP contribution in [0.1, 0.15) is 18.9 Å². The third kappa shape index (κ3) is 2.23. The summed E-state index contributed by atoms with van der Waals surface area (Å²) in [6.07, 6.45) is 2.41. The molecule has 106 valence electrons. The van der Waals surface area contributed by atoms with Gasteiger partial charge >= 0.3 is 0 Å². The minimum atomic E-state index is 0.544. The molecule has 5 heteroatoms. The van der Waals surface area contributed by atoms with E-state index in [4.69, 9.17) is 22.3 Å². The van der Waals surface area contributed by atoms with Crippen LogP contribution in [0, 0.1) is 0 Å². The van der Waals surface area contributed by atoms with Gasteiger partial charge in [0.25, 0.3) is 0 Å². The van der Waals surface area contributed by atoms with E-state index in [-0.39, 0.29) is 0 Å². The number of halogens is 2. The summed E-state index contributed by atoms with van der Waals surface area (Å²) in [6, 6.07) is 12.4. The summed E-state index contributed by atoms with van der Waals surface area (Å²) in [5.74, 6) is 0.982. The number of fused-ring (bicyclic) bond motifs is 1. The second kappa shape index (κ2) is 4.75. The zero-order chi connectivity index (χ0) is 14.6. The molecular formula is C16H13BrClN3. The lowest BCUT2D eigenvalue weighted by Crippen LogP contribution is -1.98. The number of imidazole rings is 1. The summed E-state index contributed by atoms with van der Waals surface area (Å²) in [4.78, 5) is 4.79. The van der Waals surface area contributed by atoms with Crippen LogP contribution in [0.4, 0.5) is 5.69 Å². The molecule has 3 nitrogen and oxygen atoms in total. The third-order valence-electron chi connectivity index (χ3n) is 3.82. The van der Waals surface area contributed by atoms with Gasteiger partial charge in [-0.25, -0.2) is 4.98 Å². The number of rotatable bonds is 2. The number of nitrogens with two attached hydrogens (primary N) is 1. The molecule has 1 aromatic heterocycles. The van der Waals surface area contributed by atoms with Gasteiger partial charge in [0.2, 0.25) is 0 Å². The van der Waals surface area contributed by atoms with Gasteiger partial charge in [-0.2, -0.15) is 0 Å². The molecule has 1 saturated carbocycles. The zero-order valence-electron chi connectivity index (χ0n) is 11.2. The summed E-state index contributed by atoms with van der Waals surface area (Å²) in [5, 5.41) is 0.716. The highest BCUT2D eigenvalue weighted by molar-refractivity contribution is 9.10. The Hall–Kier alpha value is -1.52. The van der Waals surface area contributed by atoms with Gasteiger partial charge in [-0.05, 0) is 65.2 Å². The molecule has 0 unspecified atom stereocenters. The molecule has 1 aliphatic rings. The van der Waals surface area contributed by atoms with E-state index in [9.17, 15) is 0 Å². The lowest BCUT2D eigenvalue weighted by molar-refractivity contribution is 0.775. The molecule has 0 saturated heterocycles. The molecule has 1 heterocycles. The summed E-state index contributed by atoms with van der Waals surface area (Å²) in [5.41, 5.74) is 9.76. The molecule has 0 atom stereocenters. The SMILES string of the molecule is Nc1ccc(-c2nc3cc(Cl)ccc3n2C2CC2)cc1Br. The second-order valence-electron chi connectivity index (χ2n) is 5.41. The van der Waals surface area contributed by atoms with Gasteiger partial charge in [-0.3, -0.25) is 0 Å². The molecule has 0 spiro atoms. The van der Waals surface area contributed by atoms with Gasteiger partial charge in [0.15, 0.2) is 0 Å². The van der Waals surface area contributed by atoms with Crippen LogP contribution in [0.25, 0.3) is 22.4 Å². The molecule has 2 aromatic carbocycles. The molecule has 4 rings (SSSR count). The average Bonchev–Trinajstić information content (AvgIpc) is 3.22. The number of benzene rings is 2. The van der Waals surface area contributed by atoms with Crippen molar-refractivity contribution < 1.29 is 0 Å². The van der Waals surface area contributed by atoms with Crippen molar-refractivity contribution in [2.75, 3.05) is 5.73 Å². The Morgan fingerprint density at radius 1 is 1.19 bits per heavy atom. The quantitative estimate of drug-likeness (QED) is 0.649. The van der Waals surface area contributed by atoms with Crippen LogP contribution in [-0.4, -0.2) is 9.55 Å². The summed E-state index contributed by atoms with van der Waals surface area (Å²) in [6.45, 7) is 0. The number of nitrogens with zero attached hydrogens (tertiary/aromatic N) is 2. The Kier molecular flexibility index (Phi) is 2.98. The molecule has 2 N–H and O–H groups in total. The molecule has 3 aromatic rings. The van der Waals surface area contributed by atoms with Crippen molar-refractivity contribution in [3.8, 4) is 11.4 Å². The highest BCUT2D eigenvalue weighted by Gasteiger charge is 2.28. The van der Waals surface area contributed by atoms with E-state index in [1.54, 1.807) is 0 Å². The number of hydrogen-bond acceptors (Lipinski definition) is 2. The molecule has 0 aliphatic heterocycles. The van der Waals surface area contributed by atoms with Gasteiger partial charge in [0.05, 0.1) is 11.0 Å². The smallest absolute Gasteiger partial charge is 0.141 e. The fourth-order valence-corrected chi connectivity index (χ4v) is 3.19. The molecule has 1 aliphatic carbocycles. The largest absolute Gasteiger partial charge is 0.398 e. The summed E-state index contributed by atoms with van der Waals surface area (Å²) < 4.78 is 3.22. The molecule has 21 heavy (non-hydrogen) atoms. The maximum absolute atomic E-state index is 6.09. The highest BCUT2D eigenvalue weighted by Crippen LogP contribution is 2.42. The van der Waals surface area contributed by atoms with E-state index in [2.05, 4.69) is 26.6 Å². The first-order valence-corrected chi connectivity index (χ1v) is 8.03. The maximum Gasteiger partial charge on any atom is 0.141 e. The number of anilines is 1.